The summed E-state index contributed by atoms with van der Waals surface area (Å²) in [7, 11) is 0. The Kier molecular flexibility index (Phi) is 6.43. The predicted molar refractivity (Wildman–Crippen MR) is 113 cm³/mol. The van der Waals surface area contributed by atoms with Gasteiger partial charge in [-0.25, -0.2) is 0 Å². The van der Waals surface area contributed by atoms with Crippen molar-refractivity contribution in [1.29, 1.82) is 0 Å². The van der Waals surface area contributed by atoms with E-state index in [-0.39, 0.29) is 18.4 Å². The summed E-state index contributed by atoms with van der Waals surface area (Å²) in [6, 6.07) is 23.7. The van der Waals surface area contributed by atoms with Crippen LogP contribution in [0.25, 0.3) is 0 Å². The van der Waals surface area contributed by atoms with Crippen molar-refractivity contribution in [3.63, 3.8) is 0 Å². The lowest BCUT2D eigenvalue weighted by molar-refractivity contribution is -0.115. The van der Waals surface area contributed by atoms with Crippen molar-refractivity contribution < 1.29 is 14.3 Å². The number of nitrogens with one attached hydrogen (secondary N) is 2. The Labute approximate surface area is 170 Å². The molecule has 6 heteroatoms. The number of anilines is 1. The molecule has 0 fully saturated rings. The van der Waals surface area contributed by atoms with E-state index in [2.05, 4.69) is 33.2 Å². The number of halogens is 1. The molecule has 0 saturated heterocycles. The van der Waals surface area contributed by atoms with Crippen LogP contribution in [0.2, 0.25) is 0 Å². The lowest BCUT2D eigenvalue weighted by atomic mass is 10.2. The van der Waals surface area contributed by atoms with Gasteiger partial charge in [-0.1, -0.05) is 36.4 Å². The minimum absolute atomic E-state index is 0.117. The van der Waals surface area contributed by atoms with Crippen LogP contribution >= 0.6 is 22.6 Å². The fraction of sp³-hybridized carbons (Fsp3) is 0.0476. The number of ether oxygens (including phenoxy) is 1. The van der Waals surface area contributed by atoms with Gasteiger partial charge in [0.1, 0.15) is 11.5 Å². The van der Waals surface area contributed by atoms with Crippen molar-refractivity contribution in [2.24, 2.45) is 0 Å². The van der Waals surface area contributed by atoms with E-state index in [0.29, 0.717) is 22.7 Å². The molecule has 5 nitrogen and oxygen atoms in total. The van der Waals surface area contributed by atoms with E-state index in [1.807, 2.05) is 48.5 Å². The summed E-state index contributed by atoms with van der Waals surface area (Å²) in [4.78, 5) is 24.3. The monoisotopic (exact) mass is 472 g/mol. The minimum Gasteiger partial charge on any atom is -0.457 e. The molecule has 0 heterocycles. The quantitative estimate of drug-likeness (QED) is 0.521. The highest BCUT2D eigenvalue weighted by molar-refractivity contribution is 14.1. The van der Waals surface area contributed by atoms with E-state index in [9.17, 15) is 9.59 Å². The summed E-state index contributed by atoms with van der Waals surface area (Å²) in [6.07, 6.45) is 0. The van der Waals surface area contributed by atoms with E-state index >= 15 is 0 Å². The first kappa shape index (κ1) is 18.9. The maximum Gasteiger partial charge on any atom is 0.252 e. The molecule has 3 aromatic carbocycles. The first-order valence-corrected chi connectivity index (χ1v) is 9.35. The maximum absolute atomic E-state index is 12.2. The fourth-order valence-electron chi connectivity index (χ4n) is 2.37. The molecule has 0 saturated carbocycles. The van der Waals surface area contributed by atoms with Crippen LogP contribution in [-0.4, -0.2) is 18.4 Å². The average Bonchev–Trinajstić information content (AvgIpc) is 2.67. The number of hydrogen-bond acceptors (Lipinski definition) is 3. The van der Waals surface area contributed by atoms with Gasteiger partial charge >= 0.3 is 0 Å². The van der Waals surface area contributed by atoms with Gasteiger partial charge in [0.25, 0.3) is 5.91 Å². The van der Waals surface area contributed by atoms with Crippen molar-refractivity contribution in [3.8, 4) is 11.5 Å². The lowest BCUT2D eigenvalue weighted by Crippen LogP contribution is -2.33. The normalized spacial score (nSPS) is 10.1. The lowest BCUT2D eigenvalue weighted by Gasteiger charge is -2.10. The molecule has 0 radical (unpaired) electrons. The smallest absolute Gasteiger partial charge is 0.252 e. The highest BCUT2D eigenvalue weighted by atomic mass is 127. The van der Waals surface area contributed by atoms with E-state index < -0.39 is 0 Å². The average molecular weight is 472 g/mol. The Hall–Kier alpha value is -2.87. The van der Waals surface area contributed by atoms with E-state index in [1.54, 1.807) is 30.3 Å². The standard InChI is InChI=1S/C21H17IN2O3/c22-19-12-5-4-11-18(19)21(26)23-14-20(25)24-15-7-6-10-17(13-15)27-16-8-2-1-3-9-16/h1-13H,14H2,(H,23,26)(H,24,25). The summed E-state index contributed by atoms with van der Waals surface area (Å²) < 4.78 is 6.58. The Balaban J connectivity index is 1.56. The van der Waals surface area contributed by atoms with Crippen LogP contribution in [0.5, 0.6) is 11.5 Å². The Morgan fingerprint density at radius 2 is 1.56 bits per heavy atom. The van der Waals surface area contributed by atoms with Gasteiger partial charge in [0.05, 0.1) is 12.1 Å². The molecule has 0 aliphatic rings. The van der Waals surface area contributed by atoms with Crippen molar-refractivity contribution in [2.45, 2.75) is 0 Å². The molecule has 27 heavy (non-hydrogen) atoms. The van der Waals surface area contributed by atoms with E-state index in [1.165, 1.54) is 0 Å². The van der Waals surface area contributed by atoms with E-state index in [0.717, 1.165) is 3.57 Å². The number of rotatable bonds is 6. The van der Waals surface area contributed by atoms with Gasteiger partial charge in [-0.15, -0.1) is 0 Å². The number of para-hydroxylation sites is 1. The second kappa shape index (κ2) is 9.18. The van der Waals surface area contributed by atoms with Crippen molar-refractivity contribution in [3.05, 3.63) is 88.0 Å². The molecule has 0 aliphatic heterocycles. The molecule has 136 valence electrons. The summed E-state index contributed by atoms with van der Waals surface area (Å²) in [5, 5.41) is 5.38. The molecule has 3 rings (SSSR count). The number of carbonyl (C=O) groups excluding carboxylic acids is 2. The second-order valence-electron chi connectivity index (χ2n) is 5.65. The molecule has 3 aromatic rings. The van der Waals surface area contributed by atoms with Gasteiger partial charge in [-0.3, -0.25) is 9.59 Å². The third-order valence-corrected chi connectivity index (χ3v) is 4.57. The molecule has 0 atom stereocenters. The third-order valence-electron chi connectivity index (χ3n) is 3.62. The molecular formula is C21H17IN2O3. The van der Waals surface area contributed by atoms with Crippen LogP contribution in [-0.2, 0) is 4.79 Å². The summed E-state index contributed by atoms with van der Waals surface area (Å²) in [6.45, 7) is -0.117. The number of carbonyl (C=O) groups is 2. The summed E-state index contributed by atoms with van der Waals surface area (Å²) in [5.41, 5.74) is 1.14. The highest BCUT2D eigenvalue weighted by Crippen LogP contribution is 2.23. The van der Waals surface area contributed by atoms with Gasteiger partial charge in [0.15, 0.2) is 0 Å². The Morgan fingerprint density at radius 3 is 2.33 bits per heavy atom. The molecular weight excluding hydrogens is 455 g/mol. The zero-order chi connectivity index (χ0) is 19.1. The summed E-state index contributed by atoms with van der Waals surface area (Å²) >= 11 is 2.09. The van der Waals surface area contributed by atoms with Crippen LogP contribution in [0.4, 0.5) is 5.69 Å². The van der Waals surface area contributed by atoms with Crippen LogP contribution in [0.3, 0.4) is 0 Å². The Bertz CT molecular complexity index is 945. The van der Waals surface area contributed by atoms with Crippen LogP contribution in [0.15, 0.2) is 78.9 Å². The van der Waals surface area contributed by atoms with Crippen molar-refractivity contribution in [1.82, 2.24) is 5.32 Å². The molecule has 0 unspecified atom stereocenters. The largest absolute Gasteiger partial charge is 0.457 e. The van der Waals surface area contributed by atoms with E-state index in [4.69, 9.17) is 4.74 Å². The SMILES string of the molecule is O=C(CNC(=O)c1ccccc1I)Nc1cccc(Oc2ccccc2)c1. The fourth-order valence-corrected chi connectivity index (χ4v) is 3.00. The molecule has 0 aliphatic carbocycles. The number of benzene rings is 3. The van der Waals surface area contributed by atoms with Crippen LogP contribution in [0.1, 0.15) is 10.4 Å². The van der Waals surface area contributed by atoms with Gasteiger partial charge in [0.2, 0.25) is 5.91 Å². The topological polar surface area (TPSA) is 67.4 Å². The van der Waals surface area contributed by atoms with Gasteiger partial charge in [-0.2, -0.15) is 0 Å². The van der Waals surface area contributed by atoms with Crippen LogP contribution < -0.4 is 15.4 Å². The first-order valence-electron chi connectivity index (χ1n) is 8.27. The Morgan fingerprint density at radius 1 is 0.852 bits per heavy atom. The molecule has 2 N–H and O–H groups in total. The van der Waals surface area contributed by atoms with Gasteiger partial charge in [0, 0.05) is 15.3 Å². The van der Waals surface area contributed by atoms with Crippen molar-refractivity contribution >= 4 is 40.1 Å². The second-order valence-corrected chi connectivity index (χ2v) is 6.82. The molecule has 0 spiro atoms. The highest BCUT2D eigenvalue weighted by Gasteiger charge is 2.11. The van der Waals surface area contributed by atoms with Crippen LogP contribution in [0, 0.1) is 3.57 Å². The van der Waals surface area contributed by atoms with Gasteiger partial charge in [-0.05, 0) is 59.0 Å². The molecule has 0 aromatic heterocycles. The zero-order valence-electron chi connectivity index (χ0n) is 14.3. The predicted octanol–water partition coefficient (Wildman–Crippen LogP) is 4.45. The van der Waals surface area contributed by atoms with Gasteiger partial charge < -0.3 is 15.4 Å². The third kappa shape index (κ3) is 5.55. The minimum atomic E-state index is -0.314. The first-order chi connectivity index (χ1) is 13.1. The maximum atomic E-state index is 12.2. The zero-order valence-corrected chi connectivity index (χ0v) is 16.5. The molecule has 0 bridgehead atoms. The summed E-state index contributed by atoms with van der Waals surface area (Å²) in [5.74, 6) is 0.732. The number of hydrogen-bond donors (Lipinski definition) is 2. The number of amides is 2. The molecule has 2 amide bonds. The van der Waals surface area contributed by atoms with Crippen molar-refractivity contribution in [2.75, 3.05) is 11.9 Å².